The number of hydrogen-bond donors (Lipinski definition) is 1. The maximum atomic E-state index is 11.2. The van der Waals surface area contributed by atoms with Crippen LogP contribution in [0.25, 0.3) is 0 Å². The Kier molecular flexibility index (Phi) is 2.89. The molecular weight excluding hydrogens is 238 g/mol. The zero-order chi connectivity index (χ0) is 10.1. The molecule has 1 aromatic rings. The molecule has 0 aliphatic heterocycles. The molecule has 1 heterocycles. The predicted octanol–water partition coefficient (Wildman–Crippen LogP) is 0.655. The molecule has 0 saturated carbocycles. The van der Waals surface area contributed by atoms with E-state index in [1.165, 1.54) is 5.38 Å². The lowest BCUT2D eigenvalue weighted by molar-refractivity contribution is -0.134. The molecule has 0 unspecified atom stereocenters. The van der Waals surface area contributed by atoms with Crippen molar-refractivity contribution in [3.8, 4) is 0 Å². The number of aliphatic carboxylic acids is 1. The topological polar surface area (TPSA) is 84.3 Å². The van der Waals surface area contributed by atoms with Crippen LogP contribution < -0.4 is 0 Å². The Hall–Kier alpha value is -0.660. The van der Waals surface area contributed by atoms with Crippen LogP contribution in [0.5, 0.6) is 0 Å². The fraction of sp³-hybridized carbons (Fsp3) is 0.200. The van der Waals surface area contributed by atoms with Crippen LogP contribution in [0, 0.1) is 0 Å². The van der Waals surface area contributed by atoms with Gasteiger partial charge in [0.1, 0.15) is 0 Å². The molecule has 0 aliphatic rings. The summed E-state index contributed by atoms with van der Waals surface area (Å²) < 4.78 is 22.4. The van der Waals surface area contributed by atoms with Crippen molar-refractivity contribution in [1.82, 2.24) is 4.98 Å². The van der Waals surface area contributed by atoms with Gasteiger partial charge < -0.3 is 5.11 Å². The summed E-state index contributed by atoms with van der Waals surface area (Å²) >= 11 is 6.34. The number of sulfone groups is 1. The zero-order valence-electron chi connectivity index (χ0n) is 6.10. The molecule has 0 bridgehead atoms. The van der Waals surface area contributed by atoms with Gasteiger partial charge in [-0.25, -0.2) is 13.4 Å². The normalized spacial score (nSPS) is 11.5. The Morgan fingerprint density at radius 2 is 2.31 bits per heavy atom. The third kappa shape index (κ3) is 2.64. The SMILES string of the molecule is O=C(O)CS(=O)(=O)c1csc(Cl)n1. The van der Waals surface area contributed by atoms with Crippen molar-refractivity contribution in [1.29, 1.82) is 0 Å². The van der Waals surface area contributed by atoms with Crippen LogP contribution in [0.15, 0.2) is 10.4 Å². The summed E-state index contributed by atoms with van der Waals surface area (Å²) in [6.45, 7) is 0. The minimum Gasteiger partial charge on any atom is -0.480 e. The van der Waals surface area contributed by atoms with E-state index in [1.807, 2.05) is 0 Å². The molecule has 13 heavy (non-hydrogen) atoms. The van der Waals surface area contributed by atoms with Gasteiger partial charge in [-0.15, -0.1) is 11.3 Å². The lowest BCUT2D eigenvalue weighted by Gasteiger charge is -1.94. The van der Waals surface area contributed by atoms with Gasteiger partial charge in [0.2, 0.25) is 9.84 Å². The van der Waals surface area contributed by atoms with Gasteiger partial charge >= 0.3 is 5.97 Å². The number of carboxylic acids is 1. The maximum Gasteiger partial charge on any atom is 0.319 e. The molecule has 0 atom stereocenters. The molecule has 0 amide bonds. The van der Waals surface area contributed by atoms with E-state index in [9.17, 15) is 13.2 Å². The van der Waals surface area contributed by atoms with E-state index in [1.54, 1.807) is 0 Å². The molecular formula is C5H4ClNO4S2. The number of rotatable bonds is 3. The number of carbonyl (C=O) groups is 1. The second-order valence-electron chi connectivity index (χ2n) is 2.09. The minimum absolute atomic E-state index is 0.0731. The molecule has 0 radical (unpaired) electrons. The van der Waals surface area contributed by atoms with Gasteiger partial charge in [-0.1, -0.05) is 11.6 Å². The molecule has 0 saturated heterocycles. The van der Waals surface area contributed by atoms with Crippen LogP contribution >= 0.6 is 22.9 Å². The highest BCUT2D eigenvalue weighted by atomic mass is 35.5. The molecule has 0 aliphatic carbocycles. The van der Waals surface area contributed by atoms with Gasteiger partial charge in [0.25, 0.3) is 0 Å². The first-order chi connectivity index (χ1) is 5.92. The summed E-state index contributed by atoms with van der Waals surface area (Å²) in [5, 5.41) is 9.20. The standard InChI is InChI=1S/C5H4ClNO4S2/c6-5-7-3(1-12-5)13(10,11)2-4(8)9/h1H,2H2,(H,8,9). The number of halogens is 1. The highest BCUT2D eigenvalue weighted by molar-refractivity contribution is 7.92. The Balaban J connectivity index is 3.01. The van der Waals surface area contributed by atoms with Crippen molar-refractivity contribution in [2.24, 2.45) is 0 Å². The molecule has 0 spiro atoms. The Bertz CT molecular complexity index is 423. The van der Waals surface area contributed by atoms with Crippen molar-refractivity contribution in [2.45, 2.75) is 5.03 Å². The molecule has 72 valence electrons. The van der Waals surface area contributed by atoms with Gasteiger partial charge in [0, 0.05) is 5.38 Å². The highest BCUT2D eigenvalue weighted by Crippen LogP contribution is 2.19. The van der Waals surface area contributed by atoms with Crippen LogP contribution in [0.1, 0.15) is 0 Å². The summed E-state index contributed by atoms with van der Waals surface area (Å²) in [6.07, 6.45) is 0. The average Bonchev–Trinajstić information content (AvgIpc) is 2.32. The monoisotopic (exact) mass is 241 g/mol. The zero-order valence-corrected chi connectivity index (χ0v) is 8.49. The van der Waals surface area contributed by atoms with E-state index in [2.05, 4.69) is 4.98 Å². The summed E-state index contributed by atoms with van der Waals surface area (Å²) in [5.41, 5.74) is 0. The average molecular weight is 242 g/mol. The first-order valence-electron chi connectivity index (χ1n) is 2.97. The van der Waals surface area contributed by atoms with E-state index in [0.717, 1.165) is 11.3 Å². The second-order valence-corrected chi connectivity index (χ2v) is 5.47. The van der Waals surface area contributed by atoms with E-state index in [0.29, 0.717) is 0 Å². The Morgan fingerprint density at radius 1 is 1.69 bits per heavy atom. The largest absolute Gasteiger partial charge is 0.480 e. The van der Waals surface area contributed by atoms with Crippen molar-refractivity contribution in [2.75, 3.05) is 5.75 Å². The van der Waals surface area contributed by atoms with Crippen LogP contribution in [0.3, 0.4) is 0 Å². The van der Waals surface area contributed by atoms with Crippen LogP contribution in [-0.2, 0) is 14.6 Å². The Morgan fingerprint density at radius 3 is 2.69 bits per heavy atom. The summed E-state index contributed by atoms with van der Waals surface area (Å²) in [7, 11) is -3.82. The fourth-order valence-corrected chi connectivity index (χ4v) is 2.79. The van der Waals surface area contributed by atoms with Crippen molar-refractivity contribution < 1.29 is 18.3 Å². The minimum atomic E-state index is -3.82. The van der Waals surface area contributed by atoms with Crippen molar-refractivity contribution >= 4 is 38.7 Å². The van der Waals surface area contributed by atoms with E-state index < -0.39 is 21.6 Å². The van der Waals surface area contributed by atoms with Gasteiger partial charge in [0.15, 0.2) is 15.2 Å². The molecule has 0 aromatic carbocycles. The third-order valence-electron chi connectivity index (χ3n) is 1.09. The Labute approximate surface area is 82.9 Å². The molecule has 0 fully saturated rings. The summed E-state index contributed by atoms with van der Waals surface area (Å²) in [6, 6.07) is 0. The maximum absolute atomic E-state index is 11.2. The second kappa shape index (κ2) is 3.60. The van der Waals surface area contributed by atoms with E-state index >= 15 is 0 Å². The van der Waals surface area contributed by atoms with Gasteiger partial charge in [-0.3, -0.25) is 4.79 Å². The van der Waals surface area contributed by atoms with Crippen LogP contribution in [0.4, 0.5) is 0 Å². The number of nitrogens with zero attached hydrogens (tertiary/aromatic N) is 1. The molecule has 1 N–H and O–H groups in total. The van der Waals surface area contributed by atoms with Gasteiger partial charge in [0.05, 0.1) is 0 Å². The molecule has 1 rings (SSSR count). The van der Waals surface area contributed by atoms with Gasteiger partial charge in [-0.2, -0.15) is 0 Å². The summed E-state index contributed by atoms with van der Waals surface area (Å²) in [4.78, 5) is 13.6. The molecule has 1 aromatic heterocycles. The summed E-state index contributed by atoms with van der Waals surface area (Å²) in [5.74, 6) is -2.38. The van der Waals surface area contributed by atoms with E-state index in [-0.39, 0.29) is 9.49 Å². The first kappa shape index (κ1) is 10.4. The van der Waals surface area contributed by atoms with Crippen LogP contribution in [0.2, 0.25) is 4.47 Å². The van der Waals surface area contributed by atoms with Gasteiger partial charge in [-0.05, 0) is 0 Å². The lowest BCUT2D eigenvalue weighted by atomic mass is 10.8. The molecule has 5 nitrogen and oxygen atoms in total. The molecule has 8 heteroatoms. The van der Waals surface area contributed by atoms with E-state index in [4.69, 9.17) is 16.7 Å². The third-order valence-corrected chi connectivity index (χ3v) is 3.69. The predicted molar refractivity (Wildman–Crippen MR) is 46.8 cm³/mol. The lowest BCUT2D eigenvalue weighted by Crippen LogP contribution is -2.15. The first-order valence-corrected chi connectivity index (χ1v) is 5.88. The number of thiazole rings is 1. The highest BCUT2D eigenvalue weighted by Gasteiger charge is 2.21. The van der Waals surface area contributed by atoms with Crippen LogP contribution in [-0.4, -0.2) is 30.2 Å². The fourth-order valence-electron chi connectivity index (χ4n) is 0.618. The van der Waals surface area contributed by atoms with Crippen molar-refractivity contribution in [3.63, 3.8) is 0 Å². The number of hydrogen-bond acceptors (Lipinski definition) is 5. The van der Waals surface area contributed by atoms with Crippen molar-refractivity contribution in [3.05, 3.63) is 9.85 Å². The number of aromatic nitrogens is 1. The quantitative estimate of drug-likeness (QED) is 0.840. The smallest absolute Gasteiger partial charge is 0.319 e. The number of carboxylic acid groups (broad SMARTS) is 1.